The van der Waals surface area contributed by atoms with Gasteiger partial charge in [0.25, 0.3) is 5.91 Å². The van der Waals surface area contributed by atoms with Gasteiger partial charge in [-0.15, -0.1) is 0 Å². The maximum absolute atomic E-state index is 14.6. The fraction of sp³-hybridized carbons (Fsp3) is 0.357. The lowest BCUT2D eigenvalue weighted by molar-refractivity contribution is -0.137. The summed E-state index contributed by atoms with van der Waals surface area (Å²) in [6.07, 6.45) is -0.146. The Morgan fingerprint density at radius 3 is 2.39 bits per heavy atom. The van der Waals surface area contributed by atoms with Crippen LogP contribution in [-0.2, 0) is 11.2 Å². The summed E-state index contributed by atoms with van der Waals surface area (Å²) in [5.41, 5.74) is -0.672. The summed E-state index contributed by atoms with van der Waals surface area (Å²) < 4.78 is 21.6. The van der Waals surface area contributed by atoms with Gasteiger partial charge in [0.15, 0.2) is 5.69 Å². The molecule has 0 radical (unpaired) electrons. The fourth-order valence-corrected chi connectivity index (χ4v) is 3.45. The number of aliphatic hydroxyl groups is 1. The second-order valence-electron chi connectivity index (χ2n) is 10.3. The van der Waals surface area contributed by atoms with Crippen molar-refractivity contribution in [3.8, 4) is 17.6 Å². The molecule has 0 saturated carbocycles. The molecule has 2 aromatic carbocycles. The monoisotopic (exact) mass is 522 g/mol. The van der Waals surface area contributed by atoms with Crippen molar-refractivity contribution < 1.29 is 28.9 Å². The molecule has 3 rings (SSSR count). The standard InChI is InChI=1S/C28H31FN4O5/c1-27(2,3)28(4,37)17-38-24-15-22(32-33(24)23-8-6-5-7-21(23)29)26(36)31-20(14-25(34)35)13-18-9-11-19(16-30)12-10-18/h5-12,15,20,37H,13-14,17H2,1-4H3,(H,31,36)(H,34,35)/t20-,28+/m0/s1. The molecule has 0 aliphatic heterocycles. The number of carbonyl (C=O) groups is 2. The van der Waals surface area contributed by atoms with Crippen LogP contribution in [-0.4, -0.2) is 50.1 Å². The fourth-order valence-electron chi connectivity index (χ4n) is 3.45. The van der Waals surface area contributed by atoms with E-state index >= 15 is 0 Å². The zero-order valence-corrected chi connectivity index (χ0v) is 21.7. The first-order valence-corrected chi connectivity index (χ1v) is 12.0. The second kappa shape index (κ2) is 11.4. The highest BCUT2D eigenvalue weighted by atomic mass is 19.1. The van der Waals surface area contributed by atoms with Gasteiger partial charge in [-0.05, 0) is 48.6 Å². The summed E-state index contributed by atoms with van der Waals surface area (Å²) >= 11 is 0. The van der Waals surface area contributed by atoms with Crippen molar-refractivity contribution in [3.05, 3.63) is 77.2 Å². The van der Waals surface area contributed by atoms with Crippen LogP contribution in [0.15, 0.2) is 54.6 Å². The van der Waals surface area contributed by atoms with Crippen LogP contribution in [0.2, 0.25) is 0 Å². The molecule has 200 valence electrons. The van der Waals surface area contributed by atoms with Gasteiger partial charge in [0, 0.05) is 12.1 Å². The van der Waals surface area contributed by atoms with E-state index in [1.165, 1.54) is 24.3 Å². The van der Waals surface area contributed by atoms with E-state index in [-0.39, 0.29) is 36.7 Å². The van der Waals surface area contributed by atoms with Crippen molar-refractivity contribution in [3.63, 3.8) is 0 Å². The Kier molecular flexibility index (Phi) is 8.53. The van der Waals surface area contributed by atoms with Gasteiger partial charge in [0.05, 0.1) is 18.1 Å². The lowest BCUT2D eigenvalue weighted by Gasteiger charge is -2.36. The normalized spacial score (nSPS) is 13.7. The van der Waals surface area contributed by atoms with Crippen molar-refractivity contribution in [2.45, 2.75) is 52.2 Å². The lowest BCUT2D eigenvalue weighted by Crippen LogP contribution is -2.45. The average Bonchev–Trinajstić information content (AvgIpc) is 3.27. The molecule has 1 heterocycles. The van der Waals surface area contributed by atoms with Crippen molar-refractivity contribution in [2.75, 3.05) is 6.61 Å². The number of ether oxygens (including phenoxy) is 1. The third-order valence-corrected chi connectivity index (χ3v) is 6.43. The maximum atomic E-state index is 14.6. The van der Waals surface area contributed by atoms with Gasteiger partial charge in [-0.25, -0.2) is 4.39 Å². The van der Waals surface area contributed by atoms with Crippen LogP contribution in [0.3, 0.4) is 0 Å². The predicted octanol–water partition coefficient (Wildman–Crippen LogP) is 3.87. The van der Waals surface area contributed by atoms with E-state index in [9.17, 15) is 24.2 Å². The molecule has 0 aliphatic carbocycles. The van der Waals surface area contributed by atoms with E-state index < -0.39 is 34.8 Å². The van der Waals surface area contributed by atoms with Gasteiger partial charge in [0.2, 0.25) is 5.88 Å². The number of halogens is 1. The minimum Gasteiger partial charge on any atom is -0.481 e. The number of para-hydroxylation sites is 1. The molecule has 0 aliphatic rings. The van der Waals surface area contributed by atoms with E-state index in [1.54, 1.807) is 37.3 Å². The topological polar surface area (TPSA) is 137 Å². The number of carbonyl (C=O) groups excluding carboxylic acids is 1. The van der Waals surface area contributed by atoms with Crippen molar-refractivity contribution in [2.24, 2.45) is 5.41 Å². The number of nitriles is 1. The number of hydrogen-bond donors (Lipinski definition) is 3. The molecule has 0 fully saturated rings. The molecule has 1 amide bonds. The Morgan fingerprint density at radius 1 is 1.16 bits per heavy atom. The van der Waals surface area contributed by atoms with Gasteiger partial charge in [0.1, 0.15) is 23.7 Å². The number of nitrogens with one attached hydrogen (secondary N) is 1. The van der Waals surface area contributed by atoms with Crippen LogP contribution in [0.1, 0.15) is 55.7 Å². The Bertz CT molecular complexity index is 1340. The molecule has 3 N–H and O–H groups in total. The largest absolute Gasteiger partial charge is 0.481 e. The Morgan fingerprint density at radius 2 is 1.82 bits per heavy atom. The van der Waals surface area contributed by atoms with Crippen molar-refractivity contribution in [1.29, 1.82) is 5.26 Å². The van der Waals surface area contributed by atoms with Crippen molar-refractivity contribution >= 4 is 11.9 Å². The number of nitrogens with zero attached hydrogens (tertiary/aromatic N) is 3. The highest BCUT2D eigenvalue weighted by Gasteiger charge is 2.36. The number of aromatic nitrogens is 2. The SMILES string of the molecule is CC(C)(C)[C@](C)(O)COc1cc(C(=O)N[C@H](CC(=O)O)Cc2ccc(C#N)cc2)nn1-c1ccccc1F. The molecule has 0 spiro atoms. The molecule has 10 heteroatoms. The zero-order valence-electron chi connectivity index (χ0n) is 21.7. The number of rotatable bonds is 10. The third-order valence-electron chi connectivity index (χ3n) is 6.43. The summed E-state index contributed by atoms with van der Waals surface area (Å²) in [7, 11) is 0. The molecule has 0 unspecified atom stereocenters. The third kappa shape index (κ3) is 6.95. The van der Waals surface area contributed by atoms with Gasteiger partial charge in [-0.1, -0.05) is 45.0 Å². The van der Waals surface area contributed by atoms with Crippen LogP contribution < -0.4 is 10.1 Å². The molecule has 38 heavy (non-hydrogen) atoms. The molecule has 0 bridgehead atoms. The van der Waals surface area contributed by atoms with Crippen LogP contribution in [0.5, 0.6) is 5.88 Å². The lowest BCUT2D eigenvalue weighted by atomic mass is 9.78. The summed E-state index contributed by atoms with van der Waals surface area (Å²) in [4.78, 5) is 24.6. The Hall–Kier alpha value is -4.23. The van der Waals surface area contributed by atoms with Crippen LogP contribution in [0.25, 0.3) is 5.69 Å². The van der Waals surface area contributed by atoms with Gasteiger partial charge >= 0.3 is 5.97 Å². The highest BCUT2D eigenvalue weighted by Crippen LogP contribution is 2.31. The van der Waals surface area contributed by atoms with E-state index in [1.807, 2.05) is 26.8 Å². The number of benzene rings is 2. The minimum atomic E-state index is -1.26. The van der Waals surface area contributed by atoms with Gasteiger partial charge in [-0.2, -0.15) is 15.0 Å². The number of carboxylic acid groups (broad SMARTS) is 1. The van der Waals surface area contributed by atoms with Crippen LogP contribution >= 0.6 is 0 Å². The minimum absolute atomic E-state index is 0.0339. The summed E-state index contributed by atoms with van der Waals surface area (Å²) in [5.74, 6) is -2.34. The van der Waals surface area contributed by atoms with Crippen LogP contribution in [0.4, 0.5) is 4.39 Å². The maximum Gasteiger partial charge on any atom is 0.305 e. The molecule has 3 aromatic rings. The smallest absolute Gasteiger partial charge is 0.305 e. The molecule has 1 aromatic heterocycles. The molecule has 2 atom stereocenters. The predicted molar refractivity (Wildman–Crippen MR) is 137 cm³/mol. The zero-order chi connectivity index (χ0) is 28.1. The number of hydrogen-bond acceptors (Lipinski definition) is 6. The Labute approximate surface area is 220 Å². The van der Waals surface area contributed by atoms with Crippen LogP contribution in [0, 0.1) is 22.6 Å². The first-order chi connectivity index (χ1) is 17.8. The number of amides is 1. The first-order valence-electron chi connectivity index (χ1n) is 12.0. The van der Waals surface area contributed by atoms with Gasteiger partial charge < -0.3 is 20.3 Å². The van der Waals surface area contributed by atoms with E-state index in [2.05, 4.69) is 10.4 Å². The summed E-state index contributed by atoms with van der Waals surface area (Å²) in [5, 5.41) is 36.1. The second-order valence-corrected chi connectivity index (χ2v) is 10.3. The molecular weight excluding hydrogens is 491 g/mol. The van der Waals surface area contributed by atoms with Gasteiger partial charge in [-0.3, -0.25) is 9.59 Å². The first kappa shape index (κ1) is 28.3. The van der Waals surface area contributed by atoms with Crippen molar-refractivity contribution in [1.82, 2.24) is 15.1 Å². The number of aliphatic carboxylic acids is 1. The number of carboxylic acids is 1. The summed E-state index contributed by atoms with van der Waals surface area (Å²) in [6, 6.07) is 15.0. The quantitative estimate of drug-likeness (QED) is 0.367. The molecule has 9 nitrogen and oxygen atoms in total. The Balaban J connectivity index is 1.89. The summed E-state index contributed by atoms with van der Waals surface area (Å²) in [6.45, 7) is 7.00. The molecule has 0 saturated heterocycles. The van der Waals surface area contributed by atoms with E-state index in [0.29, 0.717) is 5.56 Å². The average molecular weight is 523 g/mol. The van der Waals surface area contributed by atoms with E-state index in [4.69, 9.17) is 10.00 Å². The van der Waals surface area contributed by atoms with E-state index in [0.717, 1.165) is 10.2 Å². The molecular formula is C28H31FN4O5. The highest BCUT2D eigenvalue weighted by molar-refractivity contribution is 5.93.